The number of thiazole rings is 1. The molecule has 19 heavy (non-hydrogen) atoms. The van der Waals surface area contributed by atoms with Gasteiger partial charge in [0, 0.05) is 11.1 Å². The largest absolute Gasteiger partial charge is 0.478 e. The van der Waals surface area contributed by atoms with Crippen molar-refractivity contribution in [2.24, 2.45) is 0 Å². The van der Waals surface area contributed by atoms with Crippen molar-refractivity contribution in [3.8, 4) is 0 Å². The van der Waals surface area contributed by atoms with Crippen LogP contribution in [0.4, 0.5) is 10.1 Å². The van der Waals surface area contributed by atoms with Gasteiger partial charge >= 0.3 is 5.97 Å². The van der Waals surface area contributed by atoms with Gasteiger partial charge in [0.15, 0.2) is 5.82 Å². The topological polar surface area (TPSA) is 62.2 Å². The SMILES string of the molecule is Cc1ncc(CNc2ccc(C(=O)O)c(Br)c2F)s1. The van der Waals surface area contributed by atoms with Gasteiger partial charge in [-0.2, -0.15) is 0 Å². The summed E-state index contributed by atoms with van der Waals surface area (Å²) in [5.41, 5.74) is 0.152. The number of carboxylic acid groups (broad SMARTS) is 1. The normalized spacial score (nSPS) is 10.5. The smallest absolute Gasteiger partial charge is 0.336 e. The van der Waals surface area contributed by atoms with Crippen molar-refractivity contribution in [1.29, 1.82) is 0 Å². The highest BCUT2D eigenvalue weighted by Crippen LogP contribution is 2.27. The van der Waals surface area contributed by atoms with E-state index < -0.39 is 11.8 Å². The second-order valence-corrected chi connectivity index (χ2v) is 5.91. The van der Waals surface area contributed by atoms with Crippen LogP contribution in [0.3, 0.4) is 0 Å². The lowest BCUT2D eigenvalue weighted by Gasteiger charge is -2.09. The lowest BCUT2D eigenvalue weighted by Crippen LogP contribution is -2.04. The fraction of sp³-hybridized carbons (Fsp3) is 0.167. The third kappa shape index (κ3) is 3.10. The molecule has 0 unspecified atom stereocenters. The van der Waals surface area contributed by atoms with Gasteiger partial charge in [0.1, 0.15) is 0 Å². The molecule has 2 aromatic rings. The van der Waals surface area contributed by atoms with Gasteiger partial charge in [0.25, 0.3) is 0 Å². The number of carboxylic acids is 1. The van der Waals surface area contributed by atoms with Crippen molar-refractivity contribution >= 4 is 38.9 Å². The molecule has 7 heteroatoms. The zero-order valence-electron chi connectivity index (χ0n) is 9.91. The molecule has 1 heterocycles. The zero-order chi connectivity index (χ0) is 14.0. The van der Waals surface area contributed by atoms with Crippen molar-refractivity contribution in [3.63, 3.8) is 0 Å². The molecule has 0 amide bonds. The minimum absolute atomic E-state index is 0.0505. The molecule has 100 valence electrons. The van der Waals surface area contributed by atoms with Crippen LogP contribution in [-0.4, -0.2) is 16.1 Å². The third-order valence-corrected chi connectivity index (χ3v) is 4.12. The Balaban J connectivity index is 2.17. The van der Waals surface area contributed by atoms with Crippen LogP contribution in [0.15, 0.2) is 22.8 Å². The van der Waals surface area contributed by atoms with Crippen molar-refractivity contribution in [2.45, 2.75) is 13.5 Å². The summed E-state index contributed by atoms with van der Waals surface area (Å²) in [6.45, 7) is 2.34. The maximum atomic E-state index is 13.9. The van der Waals surface area contributed by atoms with Crippen LogP contribution in [0.25, 0.3) is 0 Å². The monoisotopic (exact) mass is 344 g/mol. The number of aryl methyl sites for hydroxylation is 1. The van der Waals surface area contributed by atoms with Gasteiger partial charge in [-0.15, -0.1) is 11.3 Å². The molecule has 0 radical (unpaired) electrons. The van der Waals surface area contributed by atoms with Crippen LogP contribution in [-0.2, 0) is 6.54 Å². The number of benzene rings is 1. The Labute approximate surface area is 121 Å². The van der Waals surface area contributed by atoms with Crippen LogP contribution in [0.2, 0.25) is 0 Å². The first kappa shape index (κ1) is 14.0. The van der Waals surface area contributed by atoms with Gasteiger partial charge in [0.05, 0.1) is 27.3 Å². The molecule has 0 saturated carbocycles. The Bertz CT molecular complexity index is 630. The van der Waals surface area contributed by atoms with E-state index in [4.69, 9.17) is 5.11 Å². The van der Waals surface area contributed by atoms with Crippen LogP contribution in [0.5, 0.6) is 0 Å². The minimum Gasteiger partial charge on any atom is -0.478 e. The average molecular weight is 345 g/mol. The molecular formula is C12H10BrFN2O2S. The second kappa shape index (κ2) is 5.66. The summed E-state index contributed by atoms with van der Waals surface area (Å²) in [5.74, 6) is -1.78. The van der Waals surface area contributed by atoms with Crippen LogP contribution in [0.1, 0.15) is 20.2 Å². The number of hydrogen-bond acceptors (Lipinski definition) is 4. The first-order valence-electron chi connectivity index (χ1n) is 5.35. The second-order valence-electron chi connectivity index (χ2n) is 3.79. The Morgan fingerprint density at radius 2 is 2.32 bits per heavy atom. The van der Waals surface area contributed by atoms with E-state index >= 15 is 0 Å². The lowest BCUT2D eigenvalue weighted by atomic mass is 10.2. The summed E-state index contributed by atoms with van der Waals surface area (Å²) < 4.78 is 13.9. The quantitative estimate of drug-likeness (QED) is 0.888. The Morgan fingerprint density at radius 3 is 2.89 bits per heavy atom. The highest BCUT2D eigenvalue weighted by Gasteiger charge is 2.15. The molecule has 2 rings (SSSR count). The molecule has 0 fully saturated rings. The standard InChI is InChI=1S/C12H10BrFN2O2S/c1-6-15-4-7(19-6)5-16-9-3-2-8(12(17)18)10(13)11(9)14/h2-4,16H,5H2,1H3,(H,17,18). The summed E-state index contributed by atoms with van der Waals surface area (Å²) in [5, 5.41) is 12.7. The first-order chi connectivity index (χ1) is 8.99. The van der Waals surface area contributed by atoms with Gasteiger partial charge < -0.3 is 10.4 Å². The number of aromatic carboxylic acids is 1. The molecule has 0 spiro atoms. The fourth-order valence-corrected chi connectivity index (χ4v) is 2.77. The number of nitrogens with zero attached hydrogens (tertiary/aromatic N) is 1. The van der Waals surface area contributed by atoms with E-state index in [9.17, 15) is 9.18 Å². The van der Waals surface area contributed by atoms with Crippen molar-refractivity contribution in [2.75, 3.05) is 5.32 Å². The maximum absolute atomic E-state index is 13.9. The van der Waals surface area contributed by atoms with Crippen molar-refractivity contribution < 1.29 is 14.3 Å². The van der Waals surface area contributed by atoms with E-state index in [1.165, 1.54) is 23.5 Å². The number of carbonyl (C=O) groups is 1. The van der Waals surface area contributed by atoms with Crippen LogP contribution >= 0.6 is 27.3 Å². The molecule has 0 aliphatic heterocycles. The number of aromatic nitrogens is 1. The number of hydrogen-bond donors (Lipinski definition) is 2. The predicted octanol–water partition coefficient (Wildman–Crippen LogP) is 3.66. The van der Waals surface area contributed by atoms with E-state index in [1.54, 1.807) is 6.20 Å². The number of nitrogens with one attached hydrogen (secondary N) is 1. The molecule has 1 aromatic carbocycles. The van der Waals surface area contributed by atoms with E-state index in [0.717, 1.165) is 9.88 Å². The molecule has 0 aliphatic rings. The third-order valence-electron chi connectivity index (χ3n) is 2.43. The predicted molar refractivity (Wildman–Crippen MR) is 75.2 cm³/mol. The summed E-state index contributed by atoms with van der Waals surface area (Å²) in [7, 11) is 0. The number of halogens is 2. The van der Waals surface area contributed by atoms with Gasteiger partial charge in [-0.1, -0.05) is 0 Å². The highest BCUT2D eigenvalue weighted by molar-refractivity contribution is 9.10. The minimum atomic E-state index is -1.17. The van der Waals surface area contributed by atoms with E-state index in [2.05, 4.69) is 26.2 Å². The number of rotatable bonds is 4. The van der Waals surface area contributed by atoms with Crippen LogP contribution in [0, 0.1) is 12.7 Å². The lowest BCUT2D eigenvalue weighted by molar-refractivity contribution is 0.0695. The fourth-order valence-electron chi connectivity index (χ4n) is 1.52. The maximum Gasteiger partial charge on any atom is 0.336 e. The van der Waals surface area contributed by atoms with Gasteiger partial charge in [0.2, 0.25) is 0 Å². The van der Waals surface area contributed by atoms with E-state index in [0.29, 0.717) is 6.54 Å². The molecule has 0 aliphatic carbocycles. The van der Waals surface area contributed by atoms with Gasteiger partial charge in [-0.3, -0.25) is 0 Å². The summed E-state index contributed by atoms with van der Waals surface area (Å²) >= 11 is 4.48. The Hall–Kier alpha value is -1.47. The Morgan fingerprint density at radius 1 is 1.58 bits per heavy atom. The first-order valence-corrected chi connectivity index (χ1v) is 6.96. The zero-order valence-corrected chi connectivity index (χ0v) is 12.3. The molecule has 2 N–H and O–H groups in total. The van der Waals surface area contributed by atoms with E-state index in [1.807, 2.05) is 6.92 Å². The summed E-state index contributed by atoms with van der Waals surface area (Å²) in [4.78, 5) is 15.9. The molecule has 1 aromatic heterocycles. The molecule has 0 bridgehead atoms. The highest BCUT2D eigenvalue weighted by atomic mass is 79.9. The Kier molecular flexibility index (Phi) is 4.16. The van der Waals surface area contributed by atoms with Crippen LogP contribution < -0.4 is 5.32 Å². The summed E-state index contributed by atoms with van der Waals surface area (Å²) in [6.07, 6.45) is 1.73. The van der Waals surface area contributed by atoms with Gasteiger partial charge in [-0.05, 0) is 35.0 Å². The van der Waals surface area contributed by atoms with E-state index in [-0.39, 0.29) is 15.7 Å². The number of anilines is 1. The molecule has 4 nitrogen and oxygen atoms in total. The summed E-state index contributed by atoms with van der Waals surface area (Å²) in [6, 6.07) is 2.77. The average Bonchev–Trinajstić information content (AvgIpc) is 2.76. The van der Waals surface area contributed by atoms with Gasteiger partial charge in [-0.25, -0.2) is 14.2 Å². The van der Waals surface area contributed by atoms with Crippen molar-refractivity contribution in [1.82, 2.24) is 4.98 Å². The molecule has 0 atom stereocenters. The molecule has 0 saturated heterocycles. The molecular weight excluding hydrogens is 335 g/mol. The van der Waals surface area contributed by atoms with Crippen molar-refractivity contribution in [3.05, 3.63) is 44.1 Å².